The van der Waals surface area contributed by atoms with Gasteiger partial charge in [-0.25, -0.2) is 4.98 Å². The molecule has 0 aromatic carbocycles. The first-order valence-corrected chi connectivity index (χ1v) is 11.8. The summed E-state index contributed by atoms with van der Waals surface area (Å²) in [6.45, 7) is 6.44. The Kier molecular flexibility index (Phi) is 6.24. The van der Waals surface area contributed by atoms with Gasteiger partial charge in [0.05, 0.1) is 10.5 Å². The van der Waals surface area contributed by atoms with Crippen LogP contribution in [0.5, 0.6) is 0 Å². The fourth-order valence-electron chi connectivity index (χ4n) is 3.89. The molecule has 2 fully saturated rings. The van der Waals surface area contributed by atoms with Crippen molar-refractivity contribution in [2.75, 3.05) is 24.5 Å². The fraction of sp³-hybridized carbons (Fsp3) is 0.455. The minimum atomic E-state index is -0.151. The van der Waals surface area contributed by atoms with Gasteiger partial charge in [0.2, 0.25) is 0 Å². The van der Waals surface area contributed by atoms with Crippen LogP contribution < -0.4 is 10.5 Å². The molecular weight excluding hydrogens is 416 g/mol. The normalized spacial score (nSPS) is 18.4. The van der Waals surface area contributed by atoms with Gasteiger partial charge in [-0.2, -0.15) is 0 Å². The Hall–Kier alpha value is -2.19. The highest BCUT2D eigenvalue weighted by Gasteiger charge is 2.32. The number of rotatable bonds is 6. The summed E-state index contributed by atoms with van der Waals surface area (Å²) >= 11 is 6.72. The van der Waals surface area contributed by atoms with Crippen LogP contribution in [0.1, 0.15) is 50.2 Å². The van der Waals surface area contributed by atoms with E-state index in [1.165, 1.54) is 11.8 Å². The van der Waals surface area contributed by atoms with Crippen LogP contribution in [0.4, 0.5) is 5.82 Å². The molecule has 0 radical (unpaired) electrons. The number of hydrogen-bond donors (Lipinski definition) is 0. The Morgan fingerprint density at radius 3 is 2.70 bits per heavy atom. The Bertz CT molecular complexity index is 1090. The van der Waals surface area contributed by atoms with Gasteiger partial charge in [0.25, 0.3) is 11.5 Å². The molecule has 158 valence electrons. The first kappa shape index (κ1) is 21.1. The van der Waals surface area contributed by atoms with Gasteiger partial charge in [0.15, 0.2) is 0 Å². The maximum atomic E-state index is 13.4. The maximum Gasteiger partial charge on any atom is 0.267 e. The van der Waals surface area contributed by atoms with Crippen LogP contribution in [-0.2, 0) is 4.79 Å². The molecule has 4 heterocycles. The van der Waals surface area contributed by atoms with Crippen molar-refractivity contribution in [2.45, 2.75) is 46.0 Å². The third-order valence-electron chi connectivity index (χ3n) is 5.53. The molecular formula is C22H26N4O2S2. The van der Waals surface area contributed by atoms with Crippen molar-refractivity contribution in [1.82, 2.24) is 14.3 Å². The lowest BCUT2D eigenvalue weighted by Gasteiger charge is -2.19. The van der Waals surface area contributed by atoms with E-state index in [0.29, 0.717) is 32.8 Å². The molecule has 0 unspecified atom stereocenters. The van der Waals surface area contributed by atoms with Crippen molar-refractivity contribution in [3.8, 4) is 0 Å². The van der Waals surface area contributed by atoms with Crippen molar-refractivity contribution in [2.24, 2.45) is 0 Å². The predicted octanol–water partition coefficient (Wildman–Crippen LogP) is 3.99. The minimum absolute atomic E-state index is 0.109. The molecule has 0 N–H and O–H groups in total. The summed E-state index contributed by atoms with van der Waals surface area (Å²) in [6.07, 6.45) is 8.73. The Morgan fingerprint density at radius 2 is 1.97 bits per heavy atom. The number of carbonyl (C=O) groups excluding carboxylic acids is 1. The van der Waals surface area contributed by atoms with E-state index in [2.05, 4.69) is 11.8 Å². The third kappa shape index (κ3) is 4.03. The van der Waals surface area contributed by atoms with Gasteiger partial charge in [-0.1, -0.05) is 49.8 Å². The average Bonchev–Trinajstić information content (AvgIpc) is 3.35. The van der Waals surface area contributed by atoms with E-state index < -0.39 is 0 Å². The molecule has 0 spiro atoms. The summed E-state index contributed by atoms with van der Waals surface area (Å²) < 4.78 is 2.14. The Labute approximate surface area is 186 Å². The number of thiocarbonyl (C=S) groups is 1. The number of aromatic nitrogens is 2. The van der Waals surface area contributed by atoms with E-state index in [9.17, 15) is 9.59 Å². The molecule has 0 saturated carbocycles. The van der Waals surface area contributed by atoms with Gasteiger partial charge in [-0.3, -0.25) is 18.9 Å². The summed E-state index contributed by atoms with van der Waals surface area (Å²) in [5.41, 5.74) is 1.92. The molecule has 0 bridgehead atoms. The van der Waals surface area contributed by atoms with Gasteiger partial charge in [-0.15, -0.1) is 0 Å². The van der Waals surface area contributed by atoms with Gasteiger partial charge >= 0.3 is 0 Å². The zero-order valence-electron chi connectivity index (χ0n) is 17.4. The number of fused-ring (bicyclic) bond motifs is 1. The number of carbonyl (C=O) groups is 1. The fourth-order valence-corrected chi connectivity index (χ4v) is 5.18. The highest BCUT2D eigenvalue weighted by molar-refractivity contribution is 8.26. The average molecular weight is 443 g/mol. The second-order valence-electron chi connectivity index (χ2n) is 7.82. The molecule has 2 aliphatic heterocycles. The molecule has 8 heteroatoms. The predicted molar refractivity (Wildman–Crippen MR) is 127 cm³/mol. The van der Waals surface area contributed by atoms with Crippen molar-refractivity contribution in [3.05, 3.63) is 44.7 Å². The zero-order valence-corrected chi connectivity index (χ0v) is 19.0. The van der Waals surface area contributed by atoms with Crippen molar-refractivity contribution >= 4 is 51.7 Å². The minimum Gasteiger partial charge on any atom is -0.356 e. The van der Waals surface area contributed by atoms with Gasteiger partial charge in [-0.05, 0) is 43.9 Å². The molecule has 30 heavy (non-hydrogen) atoms. The van der Waals surface area contributed by atoms with E-state index in [-0.39, 0.29) is 11.5 Å². The first-order valence-electron chi connectivity index (χ1n) is 10.5. The van der Waals surface area contributed by atoms with Crippen molar-refractivity contribution in [3.63, 3.8) is 0 Å². The van der Waals surface area contributed by atoms with Gasteiger partial charge < -0.3 is 4.90 Å². The van der Waals surface area contributed by atoms with Crippen molar-refractivity contribution < 1.29 is 4.79 Å². The lowest BCUT2D eigenvalue weighted by Crippen LogP contribution is -2.29. The van der Waals surface area contributed by atoms with E-state index >= 15 is 0 Å². The molecule has 1 amide bonds. The smallest absolute Gasteiger partial charge is 0.267 e. The number of unbranched alkanes of at least 4 members (excludes halogenated alkanes) is 2. The van der Waals surface area contributed by atoms with Crippen LogP contribution in [0.25, 0.3) is 11.7 Å². The molecule has 2 saturated heterocycles. The molecule has 2 aliphatic rings. The van der Waals surface area contributed by atoms with Crippen LogP contribution >= 0.6 is 24.0 Å². The molecule has 2 aromatic rings. The maximum absolute atomic E-state index is 13.4. The number of hydrogen-bond acceptors (Lipinski definition) is 6. The lowest BCUT2D eigenvalue weighted by molar-refractivity contribution is -0.122. The van der Waals surface area contributed by atoms with Crippen LogP contribution in [0, 0.1) is 6.92 Å². The summed E-state index contributed by atoms with van der Waals surface area (Å²) in [5.74, 6) is 0.555. The standard InChI is InChI=1S/C22H26N4O2S2/c1-3-4-5-12-25-21(28)17(30-22(25)29)13-16-19(24-10-6-7-11-24)23-18-9-8-15(2)14-26(18)20(16)27/h8-9,13-14H,3-7,10-12H2,1-2H3. The highest BCUT2D eigenvalue weighted by atomic mass is 32.2. The van der Waals surface area contributed by atoms with Crippen molar-refractivity contribution in [1.29, 1.82) is 0 Å². The van der Waals surface area contributed by atoms with Crippen LogP contribution in [0.2, 0.25) is 0 Å². The molecule has 4 rings (SSSR count). The summed E-state index contributed by atoms with van der Waals surface area (Å²) in [7, 11) is 0. The third-order valence-corrected chi connectivity index (χ3v) is 6.90. The first-order chi connectivity index (χ1) is 14.5. The largest absolute Gasteiger partial charge is 0.356 e. The van der Waals surface area contributed by atoms with Gasteiger partial charge in [0, 0.05) is 25.8 Å². The highest BCUT2D eigenvalue weighted by Crippen LogP contribution is 2.34. The number of amides is 1. The lowest BCUT2D eigenvalue weighted by atomic mass is 10.2. The Morgan fingerprint density at radius 1 is 1.20 bits per heavy atom. The second kappa shape index (κ2) is 8.89. The number of anilines is 1. The monoisotopic (exact) mass is 442 g/mol. The van der Waals surface area contributed by atoms with Crippen LogP contribution in [-0.4, -0.2) is 44.1 Å². The van der Waals surface area contributed by atoms with E-state index in [1.54, 1.807) is 21.6 Å². The summed E-state index contributed by atoms with van der Waals surface area (Å²) in [5, 5.41) is 0. The number of pyridine rings is 1. The van der Waals surface area contributed by atoms with E-state index in [1.807, 2.05) is 19.1 Å². The number of aryl methyl sites for hydroxylation is 1. The number of nitrogens with zero attached hydrogens (tertiary/aromatic N) is 4. The number of thioether (sulfide) groups is 1. The topological polar surface area (TPSA) is 57.9 Å². The summed E-state index contributed by atoms with van der Waals surface area (Å²) in [6, 6.07) is 3.82. The zero-order chi connectivity index (χ0) is 21.3. The molecule has 0 atom stereocenters. The molecule has 2 aromatic heterocycles. The molecule has 6 nitrogen and oxygen atoms in total. The summed E-state index contributed by atoms with van der Waals surface area (Å²) in [4.78, 5) is 35.5. The van der Waals surface area contributed by atoms with E-state index in [4.69, 9.17) is 17.2 Å². The van der Waals surface area contributed by atoms with Crippen LogP contribution in [0.15, 0.2) is 28.0 Å². The second-order valence-corrected chi connectivity index (χ2v) is 9.50. The SMILES string of the molecule is CCCCCN1C(=O)C(=Cc2c(N3CCCC3)nc3ccc(C)cn3c2=O)SC1=S. The Balaban J connectivity index is 1.78. The quantitative estimate of drug-likeness (QED) is 0.383. The van der Waals surface area contributed by atoms with Gasteiger partial charge in [0.1, 0.15) is 15.8 Å². The molecule has 0 aliphatic carbocycles. The van der Waals surface area contributed by atoms with E-state index in [0.717, 1.165) is 50.8 Å². The van der Waals surface area contributed by atoms with Crippen LogP contribution in [0.3, 0.4) is 0 Å².